The van der Waals surface area contributed by atoms with E-state index in [9.17, 15) is 14.0 Å². The lowest BCUT2D eigenvalue weighted by Crippen LogP contribution is -2.45. The Morgan fingerprint density at radius 3 is 2.62 bits per heavy atom. The fraction of sp³-hybridized carbons (Fsp3) is 0.444. The third-order valence-corrected chi connectivity index (χ3v) is 5.07. The van der Waals surface area contributed by atoms with Crippen LogP contribution in [0.3, 0.4) is 0 Å². The van der Waals surface area contributed by atoms with Crippen molar-refractivity contribution >= 4 is 11.9 Å². The van der Waals surface area contributed by atoms with E-state index in [1.165, 1.54) is 12.1 Å². The van der Waals surface area contributed by atoms with Gasteiger partial charge in [-0.05, 0) is 43.9 Å². The molecule has 2 N–H and O–H groups in total. The van der Waals surface area contributed by atoms with Crippen LogP contribution in [0.25, 0.3) is 0 Å². The van der Waals surface area contributed by atoms with Crippen LogP contribution in [-0.4, -0.2) is 27.1 Å². The van der Waals surface area contributed by atoms with Crippen molar-refractivity contribution in [2.45, 2.75) is 50.0 Å². The molecule has 2 aromatic rings. The van der Waals surface area contributed by atoms with Gasteiger partial charge in [-0.1, -0.05) is 18.0 Å². The van der Waals surface area contributed by atoms with Crippen molar-refractivity contribution in [1.82, 2.24) is 15.5 Å². The molecule has 0 aliphatic heterocycles. The van der Waals surface area contributed by atoms with Crippen LogP contribution in [0.1, 0.15) is 76.9 Å². The van der Waals surface area contributed by atoms with Crippen molar-refractivity contribution in [1.29, 1.82) is 0 Å². The largest absolute Gasteiger partial charge is 0.478 e. The number of amides is 1. The first kappa shape index (κ1) is 16.7. The number of benzene rings is 1. The van der Waals surface area contributed by atoms with E-state index in [4.69, 9.17) is 9.63 Å². The van der Waals surface area contributed by atoms with E-state index < -0.39 is 23.2 Å². The summed E-state index contributed by atoms with van der Waals surface area (Å²) in [5.74, 6) is -1.39. The summed E-state index contributed by atoms with van der Waals surface area (Å²) in [6.45, 7) is 0. The van der Waals surface area contributed by atoms with Gasteiger partial charge in [-0.2, -0.15) is 4.98 Å². The standard InChI is InChI=1S/C18H18FN3O4/c19-13-9-11(16(24)25)5-6-12(13)14(23)21-18(7-1-2-8-18)17-20-15(26-22-17)10-3-4-10/h5-6,9-10H,1-4,7-8H2,(H,21,23)(H,24,25). The fourth-order valence-electron chi connectivity index (χ4n) is 3.43. The molecule has 2 fully saturated rings. The normalized spacial score (nSPS) is 18.7. The Bertz CT molecular complexity index is 869. The highest BCUT2D eigenvalue weighted by atomic mass is 19.1. The second-order valence-electron chi connectivity index (χ2n) is 6.97. The molecule has 1 aromatic carbocycles. The van der Waals surface area contributed by atoms with Gasteiger partial charge in [0, 0.05) is 5.92 Å². The van der Waals surface area contributed by atoms with Crippen LogP contribution in [0.4, 0.5) is 4.39 Å². The molecule has 7 nitrogen and oxygen atoms in total. The van der Waals surface area contributed by atoms with Gasteiger partial charge in [-0.25, -0.2) is 9.18 Å². The summed E-state index contributed by atoms with van der Waals surface area (Å²) >= 11 is 0. The molecular formula is C18H18FN3O4. The first-order valence-corrected chi connectivity index (χ1v) is 8.68. The number of carboxylic acids is 1. The zero-order chi connectivity index (χ0) is 18.3. The molecule has 2 aliphatic carbocycles. The molecule has 0 bridgehead atoms. The molecule has 136 valence electrons. The summed E-state index contributed by atoms with van der Waals surface area (Å²) in [5.41, 5.74) is -1.18. The van der Waals surface area contributed by atoms with Gasteiger partial charge in [0.2, 0.25) is 5.89 Å². The Kier molecular flexibility index (Phi) is 3.97. The highest BCUT2D eigenvalue weighted by molar-refractivity contribution is 5.96. The molecule has 0 saturated heterocycles. The molecule has 2 aliphatic rings. The monoisotopic (exact) mass is 359 g/mol. The number of rotatable bonds is 5. The molecule has 1 amide bonds. The minimum atomic E-state index is -1.25. The maximum Gasteiger partial charge on any atom is 0.335 e. The Balaban J connectivity index is 1.60. The highest BCUT2D eigenvalue weighted by Crippen LogP contribution is 2.42. The predicted molar refractivity (Wildman–Crippen MR) is 87.2 cm³/mol. The summed E-state index contributed by atoms with van der Waals surface area (Å²) < 4.78 is 19.5. The number of hydrogen-bond acceptors (Lipinski definition) is 5. The van der Waals surface area contributed by atoms with E-state index in [1.807, 2.05) is 0 Å². The summed E-state index contributed by atoms with van der Waals surface area (Å²) in [5, 5.41) is 15.9. The molecule has 0 spiro atoms. The van der Waals surface area contributed by atoms with Gasteiger partial charge in [0.15, 0.2) is 5.82 Å². The van der Waals surface area contributed by atoms with Crippen LogP contribution >= 0.6 is 0 Å². The van der Waals surface area contributed by atoms with Crippen LogP contribution in [0, 0.1) is 5.82 Å². The second-order valence-corrected chi connectivity index (χ2v) is 6.97. The molecule has 1 heterocycles. The summed E-state index contributed by atoms with van der Waals surface area (Å²) in [6, 6.07) is 3.24. The summed E-state index contributed by atoms with van der Waals surface area (Å²) in [7, 11) is 0. The second kappa shape index (κ2) is 6.19. The zero-order valence-electron chi connectivity index (χ0n) is 14.0. The minimum Gasteiger partial charge on any atom is -0.478 e. The van der Waals surface area contributed by atoms with Crippen molar-refractivity contribution in [3.8, 4) is 0 Å². The van der Waals surface area contributed by atoms with Crippen molar-refractivity contribution in [3.63, 3.8) is 0 Å². The zero-order valence-corrected chi connectivity index (χ0v) is 14.0. The minimum absolute atomic E-state index is 0.202. The van der Waals surface area contributed by atoms with Gasteiger partial charge in [0.05, 0.1) is 11.1 Å². The molecule has 2 saturated carbocycles. The molecule has 8 heteroatoms. The van der Waals surface area contributed by atoms with E-state index in [0.717, 1.165) is 31.7 Å². The summed E-state index contributed by atoms with van der Waals surface area (Å²) in [4.78, 5) is 28.0. The molecule has 26 heavy (non-hydrogen) atoms. The van der Waals surface area contributed by atoms with Crippen molar-refractivity contribution in [2.75, 3.05) is 0 Å². The Morgan fingerprint density at radius 2 is 2.00 bits per heavy atom. The molecule has 4 rings (SSSR count). The number of carbonyl (C=O) groups excluding carboxylic acids is 1. The number of hydrogen-bond donors (Lipinski definition) is 2. The Morgan fingerprint density at radius 1 is 1.27 bits per heavy atom. The smallest absolute Gasteiger partial charge is 0.335 e. The average molecular weight is 359 g/mol. The van der Waals surface area contributed by atoms with E-state index >= 15 is 0 Å². The van der Waals surface area contributed by atoms with Gasteiger partial charge in [-0.3, -0.25) is 4.79 Å². The molecule has 0 unspecified atom stereocenters. The third kappa shape index (κ3) is 2.95. The number of nitrogens with zero attached hydrogens (tertiary/aromatic N) is 2. The first-order chi connectivity index (χ1) is 12.5. The van der Waals surface area contributed by atoms with E-state index in [0.29, 0.717) is 30.5 Å². The van der Waals surface area contributed by atoms with Crippen molar-refractivity contribution in [2.24, 2.45) is 0 Å². The number of nitrogens with one attached hydrogen (secondary N) is 1. The molecule has 1 aromatic heterocycles. The molecular weight excluding hydrogens is 341 g/mol. The van der Waals surface area contributed by atoms with Gasteiger partial charge >= 0.3 is 5.97 Å². The van der Waals surface area contributed by atoms with E-state index in [1.54, 1.807) is 0 Å². The average Bonchev–Trinajstić information content (AvgIpc) is 3.15. The Hall–Kier alpha value is -2.77. The van der Waals surface area contributed by atoms with E-state index in [-0.39, 0.29) is 11.1 Å². The maximum atomic E-state index is 14.2. The van der Waals surface area contributed by atoms with Crippen LogP contribution in [0.2, 0.25) is 0 Å². The van der Waals surface area contributed by atoms with E-state index in [2.05, 4.69) is 15.5 Å². The SMILES string of the molecule is O=C(O)c1ccc(C(=O)NC2(c3noc(C4CC4)n3)CCCC2)c(F)c1. The van der Waals surface area contributed by atoms with Crippen molar-refractivity contribution < 1.29 is 23.6 Å². The van der Waals surface area contributed by atoms with Crippen LogP contribution in [0.15, 0.2) is 22.7 Å². The molecule has 0 atom stereocenters. The quantitative estimate of drug-likeness (QED) is 0.850. The fourth-order valence-corrected chi connectivity index (χ4v) is 3.43. The van der Waals surface area contributed by atoms with Gasteiger partial charge in [-0.15, -0.1) is 0 Å². The van der Waals surface area contributed by atoms with Crippen LogP contribution in [0.5, 0.6) is 0 Å². The number of halogens is 1. The lowest BCUT2D eigenvalue weighted by Gasteiger charge is -2.26. The van der Waals surface area contributed by atoms with Crippen LogP contribution in [-0.2, 0) is 5.54 Å². The van der Waals surface area contributed by atoms with Crippen LogP contribution < -0.4 is 5.32 Å². The number of aromatic carboxylic acids is 1. The van der Waals surface area contributed by atoms with Crippen molar-refractivity contribution in [3.05, 3.63) is 46.9 Å². The lowest BCUT2D eigenvalue weighted by atomic mass is 9.95. The lowest BCUT2D eigenvalue weighted by molar-refractivity contribution is 0.0695. The maximum absolute atomic E-state index is 14.2. The van der Waals surface area contributed by atoms with Gasteiger partial charge in [0.1, 0.15) is 11.4 Å². The first-order valence-electron chi connectivity index (χ1n) is 8.68. The topological polar surface area (TPSA) is 105 Å². The number of aromatic nitrogens is 2. The molecule has 0 radical (unpaired) electrons. The van der Waals surface area contributed by atoms with Gasteiger partial charge in [0.25, 0.3) is 5.91 Å². The highest BCUT2D eigenvalue weighted by Gasteiger charge is 2.43. The third-order valence-electron chi connectivity index (χ3n) is 5.07. The number of carboxylic acid groups (broad SMARTS) is 1. The predicted octanol–water partition coefficient (Wildman–Crippen LogP) is 2.98. The number of carbonyl (C=O) groups is 2. The summed E-state index contributed by atoms with van der Waals surface area (Å²) in [6.07, 6.45) is 5.15. The Labute approximate surface area is 148 Å². The van der Waals surface area contributed by atoms with Gasteiger partial charge < -0.3 is 14.9 Å².